The van der Waals surface area contributed by atoms with Crippen molar-refractivity contribution in [2.24, 2.45) is 0 Å². The molecule has 2 aromatic heterocycles. The van der Waals surface area contributed by atoms with E-state index in [-0.39, 0.29) is 0 Å². The Labute approximate surface area is 118 Å². The van der Waals surface area contributed by atoms with E-state index in [9.17, 15) is 0 Å². The predicted octanol–water partition coefficient (Wildman–Crippen LogP) is 2.36. The fourth-order valence-corrected chi connectivity index (χ4v) is 3.49. The number of aromatic nitrogens is 2. The fraction of sp³-hybridized carbons (Fsp3) is 0.643. The zero-order valence-electron chi connectivity index (χ0n) is 11.7. The van der Waals surface area contributed by atoms with Crippen LogP contribution in [0.4, 0.5) is 0 Å². The summed E-state index contributed by atoms with van der Waals surface area (Å²) in [6.45, 7) is 7.71. The summed E-state index contributed by atoms with van der Waals surface area (Å²) in [7, 11) is 0. The first-order chi connectivity index (χ1) is 9.22. The van der Waals surface area contributed by atoms with E-state index in [1.807, 2.05) is 0 Å². The van der Waals surface area contributed by atoms with Gasteiger partial charge in [0.1, 0.15) is 0 Å². The van der Waals surface area contributed by atoms with Crippen molar-refractivity contribution in [2.75, 3.05) is 13.1 Å². The summed E-state index contributed by atoms with van der Waals surface area (Å²) >= 11 is 1.70. The highest BCUT2D eigenvalue weighted by atomic mass is 32.1. The van der Waals surface area contributed by atoms with Crippen LogP contribution in [0.1, 0.15) is 32.4 Å². The average Bonchev–Trinajstić information content (AvgIpc) is 3.02. The van der Waals surface area contributed by atoms with Gasteiger partial charge in [-0.25, -0.2) is 4.98 Å². The maximum Gasteiger partial charge on any atom is 0.193 e. The van der Waals surface area contributed by atoms with Gasteiger partial charge in [-0.2, -0.15) is 0 Å². The highest BCUT2D eigenvalue weighted by molar-refractivity contribution is 7.15. The van der Waals surface area contributed by atoms with Gasteiger partial charge < -0.3 is 5.32 Å². The van der Waals surface area contributed by atoms with Crippen LogP contribution >= 0.6 is 11.3 Å². The van der Waals surface area contributed by atoms with Gasteiger partial charge in [-0.15, -0.1) is 11.3 Å². The molecule has 1 saturated heterocycles. The summed E-state index contributed by atoms with van der Waals surface area (Å²) in [6.07, 6.45) is 6.87. The maximum atomic E-state index is 4.69. The standard InChI is InChI=1S/C14H22N4S/c1-11(2)15-8-13-4-3-5-17(13)9-12-10-18-6-7-19-14(18)16-12/h6-7,10-11,13,15H,3-5,8-9H2,1-2H3. The second-order valence-corrected chi connectivity index (χ2v) is 6.53. The Morgan fingerprint density at radius 2 is 2.42 bits per heavy atom. The largest absolute Gasteiger partial charge is 0.313 e. The van der Waals surface area contributed by atoms with E-state index in [2.05, 4.69) is 51.2 Å². The molecule has 2 aromatic rings. The van der Waals surface area contributed by atoms with Gasteiger partial charge in [0.25, 0.3) is 0 Å². The number of thiazole rings is 1. The van der Waals surface area contributed by atoms with Crippen LogP contribution in [-0.4, -0.2) is 39.5 Å². The van der Waals surface area contributed by atoms with Crippen molar-refractivity contribution in [2.45, 2.75) is 45.3 Å². The minimum Gasteiger partial charge on any atom is -0.313 e. The molecule has 0 aliphatic carbocycles. The number of nitrogens with zero attached hydrogens (tertiary/aromatic N) is 3. The highest BCUT2D eigenvalue weighted by Gasteiger charge is 2.25. The normalized spacial score (nSPS) is 20.9. The minimum absolute atomic E-state index is 0.570. The zero-order valence-corrected chi connectivity index (χ0v) is 12.5. The Morgan fingerprint density at radius 1 is 1.53 bits per heavy atom. The van der Waals surface area contributed by atoms with Gasteiger partial charge >= 0.3 is 0 Å². The van der Waals surface area contributed by atoms with E-state index in [0.717, 1.165) is 18.1 Å². The Kier molecular flexibility index (Phi) is 3.86. The number of hydrogen-bond donors (Lipinski definition) is 1. The molecule has 0 saturated carbocycles. The van der Waals surface area contributed by atoms with E-state index in [4.69, 9.17) is 0 Å². The third-order valence-electron chi connectivity index (χ3n) is 3.77. The second kappa shape index (κ2) is 5.61. The summed E-state index contributed by atoms with van der Waals surface area (Å²) in [4.78, 5) is 8.36. The lowest BCUT2D eigenvalue weighted by Crippen LogP contribution is -2.39. The van der Waals surface area contributed by atoms with Crippen molar-refractivity contribution in [1.29, 1.82) is 0 Å². The summed E-state index contributed by atoms with van der Waals surface area (Å²) in [5.41, 5.74) is 1.20. The van der Waals surface area contributed by atoms with E-state index in [1.54, 1.807) is 11.3 Å². The minimum atomic E-state index is 0.570. The lowest BCUT2D eigenvalue weighted by Gasteiger charge is -2.24. The van der Waals surface area contributed by atoms with Crippen LogP contribution in [0.2, 0.25) is 0 Å². The molecule has 3 heterocycles. The first kappa shape index (κ1) is 13.1. The molecule has 5 heteroatoms. The third-order valence-corrected chi connectivity index (χ3v) is 4.54. The SMILES string of the molecule is CC(C)NCC1CCCN1Cc1cn2ccsc2n1. The Balaban J connectivity index is 1.63. The molecule has 1 unspecified atom stereocenters. The molecule has 1 atom stereocenters. The molecular weight excluding hydrogens is 256 g/mol. The van der Waals surface area contributed by atoms with Crippen LogP contribution in [0.5, 0.6) is 0 Å². The van der Waals surface area contributed by atoms with Crippen LogP contribution < -0.4 is 5.32 Å². The average molecular weight is 278 g/mol. The van der Waals surface area contributed by atoms with Crippen molar-refractivity contribution < 1.29 is 0 Å². The molecule has 0 bridgehead atoms. The van der Waals surface area contributed by atoms with Crippen molar-refractivity contribution >= 4 is 16.3 Å². The molecular formula is C14H22N4S. The maximum absolute atomic E-state index is 4.69. The van der Waals surface area contributed by atoms with Crippen LogP contribution in [0, 0.1) is 0 Å². The smallest absolute Gasteiger partial charge is 0.193 e. The van der Waals surface area contributed by atoms with Gasteiger partial charge in [-0.1, -0.05) is 13.8 Å². The molecule has 1 N–H and O–H groups in total. The molecule has 104 valence electrons. The van der Waals surface area contributed by atoms with Gasteiger partial charge in [0, 0.05) is 42.9 Å². The summed E-state index contributed by atoms with van der Waals surface area (Å²) < 4.78 is 2.12. The number of likely N-dealkylation sites (tertiary alicyclic amines) is 1. The first-order valence-corrected chi connectivity index (χ1v) is 7.99. The Morgan fingerprint density at radius 3 is 3.21 bits per heavy atom. The van der Waals surface area contributed by atoms with E-state index < -0.39 is 0 Å². The number of hydrogen-bond acceptors (Lipinski definition) is 4. The molecule has 1 fully saturated rings. The summed E-state index contributed by atoms with van der Waals surface area (Å²) in [5, 5.41) is 5.64. The molecule has 0 amide bonds. The third kappa shape index (κ3) is 2.99. The van der Waals surface area contributed by atoms with Gasteiger partial charge in [-0.3, -0.25) is 9.30 Å². The molecule has 19 heavy (non-hydrogen) atoms. The first-order valence-electron chi connectivity index (χ1n) is 7.11. The van der Waals surface area contributed by atoms with Crippen molar-refractivity contribution in [1.82, 2.24) is 19.6 Å². The molecule has 0 aromatic carbocycles. The topological polar surface area (TPSA) is 32.6 Å². The van der Waals surface area contributed by atoms with Gasteiger partial charge in [0.2, 0.25) is 0 Å². The quantitative estimate of drug-likeness (QED) is 0.911. The molecule has 1 aliphatic rings. The molecule has 1 aliphatic heterocycles. The van der Waals surface area contributed by atoms with Crippen LogP contribution in [-0.2, 0) is 6.54 Å². The second-order valence-electron chi connectivity index (χ2n) is 5.65. The summed E-state index contributed by atoms with van der Waals surface area (Å²) in [5.74, 6) is 0. The van der Waals surface area contributed by atoms with Crippen molar-refractivity contribution in [3.63, 3.8) is 0 Å². The van der Waals surface area contributed by atoms with E-state index in [0.29, 0.717) is 12.1 Å². The molecule has 4 nitrogen and oxygen atoms in total. The number of fused-ring (bicyclic) bond motifs is 1. The predicted molar refractivity (Wildman–Crippen MR) is 79.6 cm³/mol. The number of rotatable bonds is 5. The van der Waals surface area contributed by atoms with Crippen molar-refractivity contribution in [3.8, 4) is 0 Å². The lowest BCUT2D eigenvalue weighted by atomic mass is 10.2. The zero-order chi connectivity index (χ0) is 13.2. The fourth-order valence-electron chi connectivity index (χ4n) is 2.77. The van der Waals surface area contributed by atoms with Crippen LogP contribution in [0.25, 0.3) is 4.96 Å². The highest BCUT2D eigenvalue weighted by Crippen LogP contribution is 2.20. The molecule has 0 radical (unpaired) electrons. The van der Waals surface area contributed by atoms with E-state index in [1.165, 1.54) is 25.1 Å². The van der Waals surface area contributed by atoms with E-state index >= 15 is 0 Å². The Hall–Kier alpha value is -0.910. The van der Waals surface area contributed by atoms with Gasteiger partial charge in [0.15, 0.2) is 4.96 Å². The van der Waals surface area contributed by atoms with Crippen molar-refractivity contribution in [3.05, 3.63) is 23.5 Å². The van der Waals surface area contributed by atoms with Crippen LogP contribution in [0.3, 0.4) is 0 Å². The number of nitrogens with one attached hydrogen (secondary N) is 1. The summed E-state index contributed by atoms with van der Waals surface area (Å²) in [6, 6.07) is 1.24. The molecule has 3 rings (SSSR count). The number of imidazole rings is 1. The Bertz CT molecular complexity index is 502. The van der Waals surface area contributed by atoms with Gasteiger partial charge in [-0.05, 0) is 19.4 Å². The lowest BCUT2D eigenvalue weighted by molar-refractivity contribution is 0.234. The van der Waals surface area contributed by atoms with Crippen LogP contribution in [0.15, 0.2) is 17.8 Å². The van der Waals surface area contributed by atoms with Gasteiger partial charge in [0.05, 0.1) is 5.69 Å². The monoisotopic (exact) mass is 278 g/mol. The molecule has 0 spiro atoms.